The number of carbonyl (C=O) groups is 1. The molecule has 0 atom stereocenters. The van der Waals surface area contributed by atoms with Gasteiger partial charge in [0.25, 0.3) is 0 Å². The van der Waals surface area contributed by atoms with E-state index in [4.69, 9.17) is 0 Å². The molecule has 0 aromatic heterocycles. The molecule has 28 heavy (non-hydrogen) atoms. The van der Waals surface area contributed by atoms with E-state index in [9.17, 15) is 4.79 Å². The van der Waals surface area contributed by atoms with Crippen molar-refractivity contribution in [3.05, 3.63) is 129 Å². The number of aldehydes is 1. The maximum absolute atomic E-state index is 11.6. The molecule has 2 heteroatoms. The van der Waals surface area contributed by atoms with Crippen molar-refractivity contribution in [3.63, 3.8) is 0 Å². The van der Waals surface area contributed by atoms with Crippen LogP contribution in [0.5, 0.6) is 0 Å². The predicted octanol–water partition coefficient (Wildman–Crippen LogP) is 6.62. The van der Waals surface area contributed by atoms with Gasteiger partial charge in [0, 0.05) is 10.0 Å². The fourth-order valence-corrected chi connectivity index (χ4v) is 4.91. The standard InChI is InChI=1S/C26H17BrO/c27-21-12-14-23-22-13-11-18(17-28)15-24(22)26(25(23)16-21,19-7-3-1-4-8-19)20-9-5-2-6-10-20/h1-17H. The number of fused-ring (bicyclic) bond motifs is 3. The van der Waals surface area contributed by atoms with E-state index in [2.05, 4.69) is 94.8 Å². The highest BCUT2D eigenvalue weighted by molar-refractivity contribution is 9.10. The van der Waals surface area contributed by atoms with Crippen LogP contribution in [0.1, 0.15) is 32.6 Å². The van der Waals surface area contributed by atoms with Crippen LogP contribution in [0.4, 0.5) is 0 Å². The molecular weight excluding hydrogens is 408 g/mol. The van der Waals surface area contributed by atoms with Crippen LogP contribution in [0.3, 0.4) is 0 Å². The van der Waals surface area contributed by atoms with Crippen LogP contribution in [0.2, 0.25) is 0 Å². The Kier molecular flexibility index (Phi) is 4.03. The van der Waals surface area contributed by atoms with Crippen molar-refractivity contribution in [3.8, 4) is 11.1 Å². The van der Waals surface area contributed by atoms with Crippen LogP contribution in [-0.4, -0.2) is 6.29 Å². The maximum atomic E-state index is 11.6. The highest BCUT2D eigenvalue weighted by Crippen LogP contribution is 2.56. The molecule has 0 saturated heterocycles. The third kappa shape index (κ3) is 2.35. The molecule has 0 aliphatic heterocycles. The molecule has 134 valence electrons. The summed E-state index contributed by atoms with van der Waals surface area (Å²) in [6.07, 6.45) is 0.930. The molecule has 0 heterocycles. The third-order valence-corrected chi connectivity index (χ3v) is 6.17. The zero-order valence-corrected chi connectivity index (χ0v) is 16.7. The van der Waals surface area contributed by atoms with Gasteiger partial charge < -0.3 is 0 Å². The highest BCUT2D eigenvalue weighted by atomic mass is 79.9. The van der Waals surface area contributed by atoms with Gasteiger partial charge in [0.2, 0.25) is 0 Å². The first-order valence-corrected chi connectivity index (χ1v) is 10.1. The molecule has 5 rings (SSSR count). The number of hydrogen-bond acceptors (Lipinski definition) is 1. The second kappa shape index (κ2) is 6.57. The number of hydrogen-bond donors (Lipinski definition) is 0. The Labute approximate surface area is 172 Å². The van der Waals surface area contributed by atoms with Gasteiger partial charge in [-0.05, 0) is 51.6 Å². The molecule has 0 bridgehead atoms. The summed E-state index contributed by atoms with van der Waals surface area (Å²) in [7, 11) is 0. The zero-order chi connectivity index (χ0) is 19.1. The topological polar surface area (TPSA) is 17.1 Å². The molecular formula is C26H17BrO. The van der Waals surface area contributed by atoms with E-state index in [0.717, 1.165) is 16.3 Å². The van der Waals surface area contributed by atoms with Crippen molar-refractivity contribution in [2.75, 3.05) is 0 Å². The quantitative estimate of drug-likeness (QED) is 0.297. The summed E-state index contributed by atoms with van der Waals surface area (Å²) in [5.41, 5.74) is 7.41. The van der Waals surface area contributed by atoms with Gasteiger partial charge in [0.05, 0.1) is 5.41 Å². The van der Waals surface area contributed by atoms with Gasteiger partial charge in [-0.15, -0.1) is 0 Å². The minimum Gasteiger partial charge on any atom is -0.298 e. The minimum absolute atomic E-state index is 0.462. The molecule has 0 spiro atoms. The highest BCUT2D eigenvalue weighted by Gasteiger charge is 2.46. The van der Waals surface area contributed by atoms with Gasteiger partial charge in [0.1, 0.15) is 6.29 Å². The Bertz CT molecular complexity index is 1140. The molecule has 0 unspecified atom stereocenters. The summed E-state index contributed by atoms with van der Waals surface area (Å²) in [4.78, 5) is 11.6. The van der Waals surface area contributed by atoms with Crippen LogP contribution >= 0.6 is 15.9 Å². The zero-order valence-electron chi connectivity index (χ0n) is 15.1. The van der Waals surface area contributed by atoms with Crippen molar-refractivity contribution < 1.29 is 4.79 Å². The largest absolute Gasteiger partial charge is 0.298 e. The third-order valence-electron chi connectivity index (χ3n) is 5.67. The van der Waals surface area contributed by atoms with E-state index in [1.165, 1.54) is 27.8 Å². The lowest BCUT2D eigenvalue weighted by atomic mass is 9.67. The van der Waals surface area contributed by atoms with Gasteiger partial charge >= 0.3 is 0 Å². The molecule has 4 aromatic carbocycles. The van der Waals surface area contributed by atoms with Crippen LogP contribution in [-0.2, 0) is 5.41 Å². The monoisotopic (exact) mass is 424 g/mol. The summed E-state index contributed by atoms with van der Waals surface area (Å²) in [5, 5.41) is 0. The first-order chi connectivity index (χ1) is 13.7. The lowest BCUT2D eigenvalue weighted by Crippen LogP contribution is -2.28. The molecule has 0 amide bonds. The maximum Gasteiger partial charge on any atom is 0.150 e. The van der Waals surface area contributed by atoms with E-state index in [1.807, 2.05) is 18.2 Å². The summed E-state index contributed by atoms with van der Waals surface area (Å²) < 4.78 is 1.05. The molecule has 1 aliphatic rings. The second-order valence-electron chi connectivity index (χ2n) is 7.09. The normalized spacial score (nSPS) is 13.6. The summed E-state index contributed by atoms with van der Waals surface area (Å²) in [6, 6.07) is 33.7. The Morgan fingerprint density at radius 1 is 0.643 bits per heavy atom. The Morgan fingerprint density at radius 2 is 1.18 bits per heavy atom. The number of halogens is 1. The molecule has 4 aromatic rings. The van der Waals surface area contributed by atoms with Gasteiger partial charge in [0.15, 0.2) is 0 Å². The first kappa shape index (κ1) is 17.2. The van der Waals surface area contributed by atoms with E-state index < -0.39 is 5.41 Å². The molecule has 1 aliphatic carbocycles. The van der Waals surface area contributed by atoms with Crippen LogP contribution in [0.25, 0.3) is 11.1 Å². The van der Waals surface area contributed by atoms with Gasteiger partial charge in [-0.2, -0.15) is 0 Å². The molecule has 0 radical (unpaired) electrons. The lowest BCUT2D eigenvalue weighted by molar-refractivity contribution is 0.112. The summed E-state index contributed by atoms with van der Waals surface area (Å²) >= 11 is 3.68. The van der Waals surface area contributed by atoms with Crippen LogP contribution < -0.4 is 0 Å². The van der Waals surface area contributed by atoms with Crippen molar-refractivity contribution in [1.82, 2.24) is 0 Å². The van der Waals surface area contributed by atoms with E-state index in [1.54, 1.807) is 0 Å². The minimum atomic E-state index is -0.462. The van der Waals surface area contributed by atoms with Crippen molar-refractivity contribution in [1.29, 1.82) is 0 Å². The van der Waals surface area contributed by atoms with Crippen LogP contribution in [0.15, 0.2) is 102 Å². The molecule has 0 N–H and O–H groups in total. The number of rotatable bonds is 3. The lowest BCUT2D eigenvalue weighted by Gasteiger charge is -2.34. The first-order valence-electron chi connectivity index (χ1n) is 9.26. The van der Waals surface area contributed by atoms with Crippen molar-refractivity contribution in [2.24, 2.45) is 0 Å². The molecule has 0 saturated carbocycles. The predicted molar refractivity (Wildman–Crippen MR) is 117 cm³/mol. The van der Waals surface area contributed by atoms with Crippen molar-refractivity contribution in [2.45, 2.75) is 5.41 Å². The molecule has 0 fully saturated rings. The Hall–Kier alpha value is -2.97. The fraction of sp³-hybridized carbons (Fsp3) is 0.0385. The number of benzene rings is 4. The second-order valence-corrected chi connectivity index (χ2v) is 8.01. The Balaban J connectivity index is 1.99. The van der Waals surface area contributed by atoms with E-state index in [0.29, 0.717) is 5.56 Å². The van der Waals surface area contributed by atoms with Gasteiger partial charge in [-0.3, -0.25) is 4.79 Å². The smallest absolute Gasteiger partial charge is 0.150 e. The SMILES string of the molecule is O=Cc1ccc2c(c1)C(c1ccccc1)(c1ccccc1)c1cc(Br)ccc1-2. The average Bonchev–Trinajstić information content (AvgIpc) is 3.04. The fourth-order valence-electron chi connectivity index (χ4n) is 4.55. The number of carbonyl (C=O) groups excluding carboxylic acids is 1. The van der Waals surface area contributed by atoms with E-state index in [-0.39, 0.29) is 0 Å². The Morgan fingerprint density at radius 3 is 1.75 bits per heavy atom. The molecule has 1 nitrogen and oxygen atoms in total. The van der Waals surface area contributed by atoms with E-state index >= 15 is 0 Å². The van der Waals surface area contributed by atoms with Gasteiger partial charge in [-0.1, -0.05) is 94.8 Å². The average molecular weight is 425 g/mol. The van der Waals surface area contributed by atoms with Gasteiger partial charge in [-0.25, -0.2) is 0 Å². The summed E-state index contributed by atoms with van der Waals surface area (Å²) in [6.45, 7) is 0. The van der Waals surface area contributed by atoms with Crippen molar-refractivity contribution >= 4 is 22.2 Å². The van der Waals surface area contributed by atoms with Crippen LogP contribution in [0, 0.1) is 0 Å². The summed E-state index contributed by atoms with van der Waals surface area (Å²) in [5.74, 6) is 0.